The van der Waals surface area contributed by atoms with E-state index in [-0.39, 0.29) is 6.61 Å². The first-order valence-electron chi connectivity index (χ1n) is 7.17. The molecule has 23 heavy (non-hydrogen) atoms. The van der Waals surface area contributed by atoms with Gasteiger partial charge in [-0.15, -0.1) is 10.2 Å². The first-order chi connectivity index (χ1) is 11.1. The van der Waals surface area contributed by atoms with Gasteiger partial charge in [0.2, 0.25) is 0 Å². The van der Waals surface area contributed by atoms with Crippen LogP contribution in [0.5, 0.6) is 5.75 Å². The second-order valence-electron chi connectivity index (χ2n) is 5.24. The zero-order valence-corrected chi connectivity index (χ0v) is 14.0. The molecule has 120 valence electrons. The maximum absolute atomic E-state index is 5.75. The molecule has 0 spiro atoms. The number of aromatic nitrogens is 3. The molecule has 0 amide bonds. The van der Waals surface area contributed by atoms with E-state index < -0.39 is 0 Å². The van der Waals surface area contributed by atoms with Crippen molar-refractivity contribution in [1.82, 2.24) is 15.4 Å². The number of hydrogen-bond acceptors (Lipinski definition) is 7. The molecule has 3 aromatic rings. The normalized spacial score (nSPS) is 10.9. The Morgan fingerprint density at radius 1 is 1.13 bits per heavy atom. The van der Waals surface area contributed by atoms with Gasteiger partial charge in [0.05, 0.1) is 11.4 Å². The van der Waals surface area contributed by atoms with E-state index in [1.165, 1.54) is 11.8 Å². The van der Waals surface area contributed by atoms with Crippen LogP contribution in [0.4, 0.5) is 0 Å². The zero-order chi connectivity index (χ0) is 16.2. The Labute approximate surface area is 138 Å². The lowest BCUT2D eigenvalue weighted by Gasteiger charge is -2.07. The molecule has 6 nitrogen and oxygen atoms in total. The van der Waals surface area contributed by atoms with Crippen LogP contribution in [0, 0.1) is 20.8 Å². The van der Waals surface area contributed by atoms with E-state index in [2.05, 4.69) is 21.4 Å². The SMILES string of the molecule is Cc1ccc(C)c(OCc2nnc(SCc3cc(C)no3)o2)c1. The van der Waals surface area contributed by atoms with Crippen molar-refractivity contribution in [3.05, 3.63) is 52.7 Å². The summed E-state index contributed by atoms with van der Waals surface area (Å²) in [5, 5.41) is 12.3. The molecular weight excluding hydrogens is 314 g/mol. The van der Waals surface area contributed by atoms with Crippen molar-refractivity contribution < 1.29 is 13.7 Å². The number of nitrogens with zero attached hydrogens (tertiary/aromatic N) is 3. The minimum absolute atomic E-state index is 0.249. The molecule has 0 unspecified atom stereocenters. The monoisotopic (exact) mass is 331 g/mol. The Kier molecular flexibility index (Phi) is 4.66. The van der Waals surface area contributed by atoms with Gasteiger partial charge in [-0.25, -0.2) is 0 Å². The zero-order valence-electron chi connectivity index (χ0n) is 13.2. The van der Waals surface area contributed by atoms with Gasteiger partial charge in [-0.2, -0.15) is 0 Å². The van der Waals surface area contributed by atoms with Crippen LogP contribution < -0.4 is 4.74 Å². The van der Waals surface area contributed by atoms with Crippen LogP contribution in [-0.4, -0.2) is 15.4 Å². The number of rotatable bonds is 6. The first kappa shape index (κ1) is 15.6. The second kappa shape index (κ2) is 6.87. The molecule has 7 heteroatoms. The minimum atomic E-state index is 0.249. The minimum Gasteiger partial charge on any atom is -0.484 e. The van der Waals surface area contributed by atoms with Crippen LogP contribution >= 0.6 is 11.8 Å². The lowest BCUT2D eigenvalue weighted by Crippen LogP contribution is -1.97. The lowest BCUT2D eigenvalue weighted by atomic mass is 10.1. The third-order valence-corrected chi connectivity index (χ3v) is 4.00. The summed E-state index contributed by atoms with van der Waals surface area (Å²) >= 11 is 1.41. The average Bonchev–Trinajstić information content (AvgIpc) is 3.15. The molecule has 0 radical (unpaired) electrons. The Morgan fingerprint density at radius 3 is 2.78 bits per heavy atom. The van der Waals surface area contributed by atoms with Crippen molar-refractivity contribution in [3.8, 4) is 5.75 Å². The fourth-order valence-corrected chi connectivity index (χ4v) is 2.63. The summed E-state index contributed by atoms with van der Waals surface area (Å²) in [5.74, 6) is 2.65. The highest BCUT2D eigenvalue weighted by Gasteiger charge is 2.10. The van der Waals surface area contributed by atoms with Crippen LogP contribution in [0.3, 0.4) is 0 Å². The summed E-state index contributed by atoms with van der Waals surface area (Å²) in [5.41, 5.74) is 3.08. The molecule has 2 aromatic heterocycles. The van der Waals surface area contributed by atoms with Crippen molar-refractivity contribution >= 4 is 11.8 Å². The van der Waals surface area contributed by atoms with Gasteiger partial charge in [0.1, 0.15) is 11.5 Å². The van der Waals surface area contributed by atoms with Crippen molar-refractivity contribution in [2.24, 2.45) is 0 Å². The molecule has 2 heterocycles. The van der Waals surface area contributed by atoms with Crippen LogP contribution in [-0.2, 0) is 12.4 Å². The van der Waals surface area contributed by atoms with Gasteiger partial charge in [0.25, 0.3) is 11.1 Å². The van der Waals surface area contributed by atoms with Gasteiger partial charge in [-0.1, -0.05) is 29.1 Å². The van der Waals surface area contributed by atoms with Gasteiger partial charge in [-0.3, -0.25) is 0 Å². The van der Waals surface area contributed by atoms with E-state index in [1.807, 2.05) is 39.0 Å². The van der Waals surface area contributed by atoms with E-state index in [0.717, 1.165) is 28.3 Å². The van der Waals surface area contributed by atoms with E-state index in [4.69, 9.17) is 13.7 Å². The van der Waals surface area contributed by atoms with Crippen molar-refractivity contribution in [2.45, 2.75) is 38.4 Å². The molecule has 0 aliphatic carbocycles. The van der Waals surface area contributed by atoms with E-state index in [0.29, 0.717) is 16.9 Å². The molecule has 0 bridgehead atoms. The van der Waals surface area contributed by atoms with Gasteiger partial charge < -0.3 is 13.7 Å². The summed E-state index contributed by atoms with van der Waals surface area (Å²) in [6.07, 6.45) is 0. The fourth-order valence-electron chi connectivity index (χ4n) is 1.97. The summed E-state index contributed by atoms with van der Waals surface area (Å²) in [6.45, 7) is 6.16. The van der Waals surface area contributed by atoms with Crippen LogP contribution in [0.25, 0.3) is 0 Å². The maximum Gasteiger partial charge on any atom is 0.277 e. The van der Waals surface area contributed by atoms with Gasteiger partial charge in [0, 0.05) is 6.07 Å². The Hall–Kier alpha value is -2.28. The highest BCUT2D eigenvalue weighted by molar-refractivity contribution is 7.98. The number of thioether (sulfide) groups is 1. The predicted molar refractivity (Wildman–Crippen MR) is 85.3 cm³/mol. The molecule has 3 rings (SSSR count). The van der Waals surface area contributed by atoms with E-state index in [9.17, 15) is 0 Å². The molecule has 0 atom stereocenters. The average molecular weight is 331 g/mol. The summed E-state index contributed by atoms with van der Waals surface area (Å²) < 4.78 is 16.4. The molecule has 1 aromatic carbocycles. The standard InChI is InChI=1S/C16H17N3O3S/c1-10-4-5-11(2)14(6-10)20-8-15-17-18-16(21-15)23-9-13-7-12(3)19-22-13/h4-7H,8-9H2,1-3H3. The highest BCUT2D eigenvalue weighted by atomic mass is 32.2. The molecule has 0 aliphatic rings. The smallest absolute Gasteiger partial charge is 0.277 e. The molecule has 0 N–H and O–H groups in total. The molecule has 0 aliphatic heterocycles. The number of benzene rings is 1. The van der Waals surface area contributed by atoms with Gasteiger partial charge in [0.15, 0.2) is 6.61 Å². The lowest BCUT2D eigenvalue weighted by molar-refractivity contribution is 0.250. The summed E-state index contributed by atoms with van der Waals surface area (Å²) in [7, 11) is 0. The quantitative estimate of drug-likeness (QED) is 0.635. The number of aryl methyl sites for hydroxylation is 3. The number of ether oxygens (including phenoxy) is 1. The fraction of sp³-hybridized carbons (Fsp3) is 0.312. The van der Waals surface area contributed by atoms with Crippen LogP contribution in [0.1, 0.15) is 28.5 Å². The number of hydrogen-bond donors (Lipinski definition) is 0. The Bertz CT molecular complexity index is 797. The molecule has 0 fully saturated rings. The first-order valence-corrected chi connectivity index (χ1v) is 8.16. The van der Waals surface area contributed by atoms with Gasteiger partial charge in [-0.05, 0) is 38.0 Å². The van der Waals surface area contributed by atoms with Crippen molar-refractivity contribution in [3.63, 3.8) is 0 Å². The maximum atomic E-state index is 5.75. The summed E-state index contributed by atoms with van der Waals surface area (Å²) in [4.78, 5) is 0. The third-order valence-electron chi connectivity index (χ3n) is 3.16. The largest absolute Gasteiger partial charge is 0.484 e. The molecule has 0 saturated heterocycles. The van der Waals surface area contributed by atoms with Crippen molar-refractivity contribution in [2.75, 3.05) is 0 Å². The van der Waals surface area contributed by atoms with E-state index >= 15 is 0 Å². The predicted octanol–water partition coefficient (Wildman–Crippen LogP) is 3.85. The van der Waals surface area contributed by atoms with E-state index in [1.54, 1.807) is 0 Å². The summed E-state index contributed by atoms with van der Waals surface area (Å²) in [6, 6.07) is 7.95. The second-order valence-corrected chi connectivity index (χ2v) is 6.17. The van der Waals surface area contributed by atoms with Crippen LogP contribution in [0.2, 0.25) is 0 Å². The van der Waals surface area contributed by atoms with Gasteiger partial charge >= 0.3 is 0 Å². The van der Waals surface area contributed by atoms with Crippen molar-refractivity contribution in [1.29, 1.82) is 0 Å². The Morgan fingerprint density at radius 2 is 2.00 bits per heavy atom. The topological polar surface area (TPSA) is 74.2 Å². The molecule has 0 saturated carbocycles. The Balaban J connectivity index is 1.55. The third kappa shape index (κ3) is 4.13. The highest BCUT2D eigenvalue weighted by Crippen LogP contribution is 2.23. The molecular formula is C16H17N3O3S. The van der Waals surface area contributed by atoms with Crippen LogP contribution in [0.15, 0.2) is 38.4 Å².